The Morgan fingerprint density at radius 2 is 1.90 bits per heavy atom. The average Bonchev–Trinajstić information content (AvgIpc) is 3.20. The van der Waals surface area contributed by atoms with Crippen LogP contribution in [-0.2, 0) is 14.3 Å². The molecular formula is C22H37N5O4. The fraction of sp³-hybridized carbons (Fsp3) is 0.773. The summed E-state index contributed by atoms with van der Waals surface area (Å²) in [6, 6.07) is -0.438. The van der Waals surface area contributed by atoms with Gasteiger partial charge < -0.3 is 29.7 Å². The van der Waals surface area contributed by atoms with Gasteiger partial charge in [-0.2, -0.15) is 0 Å². The molecule has 0 aromatic carbocycles. The molecule has 3 heterocycles. The number of hydrogen-bond acceptors (Lipinski definition) is 6. The number of nitrogens with one attached hydrogen (secondary N) is 1. The van der Waals surface area contributed by atoms with E-state index in [1.807, 2.05) is 27.9 Å². The lowest BCUT2D eigenvalue weighted by Crippen LogP contribution is -2.54. The minimum atomic E-state index is -0.610. The highest BCUT2D eigenvalue weighted by molar-refractivity contribution is 5.95. The molecule has 0 saturated carbocycles. The van der Waals surface area contributed by atoms with Crippen LogP contribution in [0.5, 0.6) is 0 Å². The molecule has 9 heteroatoms. The fourth-order valence-electron chi connectivity index (χ4n) is 4.40. The first kappa shape index (κ1) is 23.2. The zero-order valence-corrected chi connectivity index (χ0v) is 19.5. The predicted octanol–water partition coefficient (Wildman–Crippen LogP) is 1.91. The second-order valence-electron chi connectivity index (χ2n) is 9.77. The van der Waals surface area contributed by atoms with Gasteiger partial charge in [-0.1, -0.05) is 19.8 Å². The quantitative estimate of drug-likeness (QED) is 0.686. The molecule has 0 aromatic rings. The average molecular weight is 436 g/mol. The summed E-state index contributed by atoms with van der Waals surface area (Å²) in [4.78, 5) is 46.0. The minimum Gasteiger partial charge on any atom is -0.444 e. The van der Waals surface area contributed by atoms with Crippen molar-refractivity contribution in [3.8, 4) is 0 Å². The first-order chi connectivity index (χ1) is 14.6. The number of amides is 3. The summed E-state index contributed by atoms with van der Waals surface area (Å²) < 4.78 is 5.35. The number of carbonyl (C=O) groups is 3. The van der Waals surface area contributed by atoms with Gasteiger partial charge in [-0.25, -0.2) is 4.79 Å². The standard InChI is InChI=1S/C22H37N5O4/c1-6-7-8-17(23-21(30)31-22(2,3)4)19(28)25-11-9-16(10-12-25)27-15-26-14-24(5)13-18(26)20(27)29/h13,16-17H,6-12,14-15H2,1-5H3,(H,23,30). The zero-order valence-electron chi connectivity index (χ0n) is 19.5. The maximum Gasteiger partial charge on any atom is 0.408 e. The van der Waals surface area contributed by atoms with E-state index in [4.69, 9.17) is 4.74 Å². The molecule has 1 atom stereocenters. The monoisotopic (exact) mass is 435 g/mol. The van der Waals surface area contributed by atoms with Crippen molar-refractivity contribution in [3.63, 3.8) is 0 Å². The van der Waals surface area contributed by atoms with Gasteiger partial charge in [0.2, 0.25) is 5.91 Å². The van der Waals surface area contributed by atoms with E-state index in [0.717, 1.165) is 38.0 Å². The molecule has 3 aliphatic heterocycles. The molecule has 1 N–H and O–H groups in total. The molecule has 9 nitrogen and oxygen atoms in total. The zero-order chi connectivity index (χ0) is 22.8. The first-order valence-corrected chi connectivity index (χ1v) is 11.4. The van der Waals surface area contributed by atoms with Crippen molar-refractivity contribution >= 4 is 17.9 Å². The van der Waals surface area contributed by atoms with Gasteiger partial charge in [-0.05, 0) is 40.0 Å². The van der Waals surface area contributed by atoms with Crippen LogP contribution in [0.2, 0.25) is 0 Å². The Kier molecular flexibility index (Phi) is 7.01. The van der Waals surface area contributed by atoms with Crippen LogP contribution in [0.15, 0.2) is 11.9 Å². The molecule has 3 rings (SSSR count). The van der Waals surface area contributed by atoms with Gasteiger partial charge in [0.15, 0.2) is 0 Å². The highest BCUT2D eigenvalue weighted by Gasteiger charge is 2.41. The van der Waals surface area contributed by atoms with Crippen LogP contribution < -0.4 is 5.32 Å². The molecule has 0 aromatic heterocycles. The molecule has 174 valence electrons. The third-order valence-electron chi connectivity index (χ3n) is 5.93. The van der Waals surface area contributed by atoms with E-state index in [1.165, 1.54) is 0 Å². The van der Waals surface area contributed by atoms with E-state index >= 15 is 0 Å². The molecule has 3 aliphatic rings. The summed E-state index contributed by atoms with van der Waals surface area (Å²) in [6.07, 6.45) is 5.24. The smallest absolute Gasteiger partial charge is 0.408 e. The molecule has 2 fully saturated rings. The van der Waals surface area contributed by atoms with Gasteiger partial charge in [-0.3, -0.25) is 9.59 Å². The van der Waals surface area contributed by atoms with Crippen LogP contribution in [0.1, 0.15) is 59.8 Å². The Balaban J connectivity index is 1.55. The number of likely N-dealkylation sites (tertiary alicyclic amines) is 1. The van der Waals surface area contributed by atoms with Crippen LogP contribution in [0.3, 0.4) is 0 Å². The molecule has 0 aliphatic carbocycles. The maximum atomic E-state index is 13.1. The molecular weight excluding hydrogens is 398 g/mol. The van der Waals surface area contributed by atoms with Gasteiger partial charge in [-0.15, -0.1) is 0 Å². The molecule has 1 unspecified atom stereocenters. The second-order valence-corrected chi connectivity index (χ2v) is 9.77. The van der Waals surface area contributed by atoms with Crippen molar-refractivity contribution in [1.29, 1.82) is 0 Å². The SMILES string of the molecule is CCCCC(NC(=O)OC(C)(C)C)C(=O)N1CCC(N2CN3CN(C)C=C3C2=O)CC1. The van der Waals surface area contributed by atoms with E-state index in [-0.39, 0.29) is 17.9 Å². The van der Waals surface area contributed by atoms with Gasteiger partial charge in [0.1, 0.15) is 17.3 Å². The van der Waals surface area contributed by atoms with E-state index in [2.05, 4.69) is 17.1 Å². The topological polar surface area (TPSA) is 85.4 Å². The van der Waals surface area contributed by atoms with Crippen LogP contribution >= 0.6 is 0 Å². The van der Waals surface area contributed by atoms with Gasteiger partial charge in [0, 0.05) is 32.4 Å². The van der Waals surface area contributed by atoms with E-state index in [9.17, 15) is 14.4 Å². The number of rotatable bonds is 6. The first-order valence-electron chi connectivity index (χ1n) is 11.4. The molecule has 0 bridgehead atoms. The number of unbranched alkanes of at least 4 members (excludes halogenated alkanes) is 1. The highest BCUT2D eigenvalue weighted by Crippen LogP contribution is 2.29. The number of ether oxygens (including phenoxy) is 1. The van der Waals surface area contributed by atoms with Crippen molar-refractivity contribution in [1.82, 2.24) is 24.9 Å². The molecule has 2 saturated heterocycles. The van der Waals surface area contributed by atoms with Crippen molar-refractivity contribution in [2.75, 3.05) is 33.5 Å². The Bertz CT molecular complexity index is 724. The summed E-state index contributed by atoms with van der Waals surface area (Å²) in [5.74, 6) is 0.0250. The van der Waals surface area contributed by atoms with Crippen LogP contribution in [-0.4, -0.2) is 88.7 Å². The second kappa shape index (κ2) is 9.36. The third kappa shape index (κ3) is 5.62. The van der Waals surface area contributed by atoms with Gasteiger partial charge >= 0.3 is 6.09 Å². The Labute approximate surface area is 185 Å². The van der Waals surface area contributed by atoms with Crippen LogP contribution in [0.4, 0.5) is 4.79 Å². The Morgan fingerprint density at radius 3 is 2.48 bits per heavy atom. The normalized spacial score (nSPS) is 20.7. The number of carbonyl (C=O) groups excluding carboxylic acids is 3. The van der Waals surface area contributed by atoms with Crippen LogP contribution in [0, 0.1) is 0 Å². The van der Waals surface area contributed by atoms with Crippen molar-refractivity contribution in [2.45, 2.75) is 77.5 Å². The predicted molar refractivity (Wildman–Crippen MR) is 117 cm³/mol. The Morgan fingerprint density at radius 1 is 1.23 bits per heavy atom. The third-order valence-corrected chi connectivity index (χ3v) is 5.93. The van der Waals surface area contributed by atoms with E-state index in [1.54, 1.807) is 20.8 Å². The van der Waals surface area contributed by atoms with E-state index < -0.39 is 17.7 Å². The van der Waals surface area contributed by atoms with Gasteiger partial charge in [0.05, 0.1) is 13.3 Å². The lowest BCUT2D eigenvalue weighted by atomic mass is 10.0. The van der Waals surface area contributed by atoms with Crippen LogP contribution in [0.25, 0.3) is 0 Å². The number of hydrogen-bond donors (Lipinski definition) is 1. The fourth-order valence-corrected chi connectivity index (χ4v) is 4.40. The summed E-state index contributed by atoms with van der Waals surface area (Å²) in [6.45, 7) is 10.0. The molecule has 0 radical (unpaired) electrons. The minimum absolute atomic E-state index is 0.0598. The van der Waals surface area contributed by atoms with Gasteiger partial charge in [0.25, 0.3) is 5.91 Å². The summed E-state index contributed by atoms with van der Waals surface area (Å²) in [5, 5.41) is 2.77. The largest absolute Gasteiger partial charge is 0.444 e. The summed E-state index contributed by atoms with van der Waals surface area (Å²) in [7, 11) is 1.97. The highest BCUT2D eigenvalue weighted by atomic mass is 16.6. The lowest BCUT2D eigenvalue weighted by molar-refractivity contribution is -0.136. The molecule has 31 heavy (non-hydrogen) atoms. The lowest BCUT2D eigenvalue weighted by Gasteiger charge is -2.38. The molecule has 3 amide bonds. The number of alkyl carbamates (subject to hydrolysis) is 1. The maximum absolute atomic E-state index is 13.1. The van der Waals surface area contributed by atoms with Crippen molar-refractivity contribution in [3.05, 3.63) is 11.9 Å². The number of fused-ring (bicyclic) bond motifs is 1. The summed E-state index contributed by atoms with van der Waals surface area (Å²) >= 11 is 0. The Hall–Kier alpha value is -2.45. The van der Waals surface area contributed by atoms with Crippen molar-refractivity contribution in [2.24, 2.45) is 0 Å². The molecule has 0 spiro atoms. The van der Waals surface area contributed by atoms with E-state index in [0.29, 0.717) is 26.2 Å². The number of piperidine rings is 1. The summed E-state index contributed by atoms with van der Waals surface area (Å²) in [5.41, 5.74) is 0.156. The number of nitrogens with zero attached hydrogens (tertiary/aromatic N) is 4. The van der Waals surface area contributed by atoms with Crippen molar-refractivity contribution < 1.29 is 19.1 Å².